The second kappa shape index (κ2) is 3.96. The second-order valence-electron chi connectivity index (χ2n) is 4.22. The number of urea groups is 1. The molecule has 1 saturated heterocycles. The lowest BCUT2D eigenvalue weighted by molar-refractivity contribution is -0.120. The van der Waals surface area contributed by atoms with E-state index in [0.29, 0.717) is 19.3 Å². The summed E-state index contributed by atoms with van der Waals surface area (Å²) < 4.78 is 0. The van der Waals surface area contributed by atoms with Gasteiger partial charge in [-0.25, -0.2) is 4.79 Å². The molecule has 1 unspecified atom stereocenters. The van der Waals surface area contributed by atoms with Gasteiger partial charge in [0.1, 0.15) is 6.04 Å². The van der Waals surface area contributed by atoms with E-state index in [1.54, 1.807) is 13.8 Å². The van der Waals surface area contributed by atoms with Crippen molar-refractivity contribution >= 4 is 11.9 Å². The minimum Gasteiger partial charge on any atom is -0.390 e. The van der Waals surface area contributed by atoms with Crippen LogP contribution in [0.15, 0.2) is 0 Å². The number of carbonyl (C=O) groups is 2. The third-order valence-corrected chi connectivity index (χ3v) is 2.14. The molecule has 14 heavy (non-hydrogen) atoms. The smallest absolute Gasteiger partial charge is 0.322 e. The summed E-state index contributed by atoms with van der Waals surface area (Å²) in [5, 5.41) is 14.1. The predicted octanol–water partition coefficient (Wildman–Crippen LogP) is 0.136. The van der Waals surface area contributed by atoms with E-state index in [1.165, 1.54) is 0 Å². The Morgan fingerprint density at radius 1 is 1.43 bits per heavy atom. The van der Waals surface area contributed by atoms with E-state index in [0.717, 1.165) is 0 Å². The minimum atomic E-state index is -0.709. The lowest BCUT2D eigenvalue weighted by atomic mass is 9.99. The van der Waals surface area contributed by atoms with E-state index < -0.39 is 17.7 Å². The summed E-state index contributed by atoms with van der Waals surface area (Å²) in [5.74, 6) is -0.272. The molecule has 3 amide bonds. The van der Waals surface area contributed by atoms with Gasteiger partial charge in [0.2, 0.25) is 0 Å². The first-order valence-electron chi connectivity index (χ1n) is 4.72. The molecule has 80 valence electrons. The molecule has 1 fully saturated rings. The molecule has 0 aromatic heterocycles. The Kier molecular flexibility index (Phi) is 3.10. The van der Waals surface area contributed by atoms with Gasteiger partial charge in [0.15, 0.2) is 0 Å². The quantitative estimate of drug-likeness (QED) is 0.565. The van der Waals surface area contributed by atoms with Gasteiger partial charge >= 0.3 is 6.03 Å². The highest BCUT2D eigenvalue weighted by molar-refractivity contribution is 6.04. The number of rotatable bonds is 4. The zero-order valence-corrected chi connectivity index (χ0v) is 8.46. The lowest BCUT2D eigenvalue weighted by Crippen LogP contribution is -2.29. The van der Waals surface area contributed by atoms with Crippen LogP contribution in [0.3, 0.4) is 0 Å². The zero-order chi connectivity index (χ0) is 10.8. The van der Waals surface area contributed by atoms with Crippen molar-refractivity contribution in [3.8, 4) is 0 Å². The Bertz CT molecular complexity index is 245. The van der Waals surface area contributed by atoms with Gasteiger partial charge in [-0.1, -0.05) is 0 Å². The maximum Gasteiger partial charge on any atom is 0.322 e. The van der Waals surface area contributed by atoms with Crippen molar-refractivity contribution < 1.29 is 14.7 Å². The SMILES string of the molecule is CC(C)(O)CCCC1NC(=O)NC1=O. The Labute approximate surface area is 82.9 Å². The maximum atomic E-state index is 11.1. The number of aliphatic hydroxyl groups is 1. The van der Waals surface area contributed by atoms with Gasteiger partial charge in [0.05, 0.1) is 5.60 Å². The number of nitrogens with one attached hydrogen (secondary N) is 2. The molecule has 0 spiro atoms. The first kappa shape index (κ1) is 11.0. The minimum absolute atomic E-state index is 0.272. The van der Waals surface area contributed by atoms with Crippen LogP contribution in [0.25, 0.3) is 0 Å². The molecule has 0 aliphatic carbocycles. The first-order chi connectivity index (χ1) is 6.38. The summed E-state index contributed by atoms with van der Waals surface area (Å²) in [6.07, 6.45) is 1.90. The normalized spacial score (nSPS) is 22.1. The van der Waals surface area contributed by atoms with Gasteiger partial charge in [-0.05, 0) is 33.1 Å². The van der Waals surface area contributed by atoms with E-state index in [2.05, 4.69) is 10.6 Å². The average Bonchev–Trinajstić information content (AvgIpc) is 2.27. The lowest BCUT2D eigenvalue weighted by Gasteiger charge is -2.17. The van der Waals surface area contributed by atoms with Gasteiger partial charge < -0.3 is 10.4 Å². The van der Waals surface area contributed by atoms with Crippen LogP contribution in [0.4, 0.5) is 4.79 Å². The molecular weight excluding hydrogens is 184 g/mol. The zero-order valence-electron chi connectivity index (χ0n) is 8.46. The molecule has 1 heterocycles. The van der Waals surface area contributed by atoms with Crippen LogP contribution in [-0.2, 0) is 4.79 Å². The third kappa shape index (κ3) is 3.33. The topological polar surface area (TPSA) is 78.4 Å². The standard InChI is InChI=1S/C9H16N2O3/c1-9(2,14)5-3-4-6-7(12)11-8(13)10-6/h6,14H,3-5H2,1-2H3,(H2,10,11,12,13). The van der Waals surface area contributed by atoms with Crippen LogP contribution in [-0.4, -0.2) is 28.7 Å². The van der Waals surface area contributed by atoms with E-state index >= 15 is 0 Å². The van der Waals surface area contributed by atoms with Crippen molar-refractivity contribution in [1.82, 2.24) is 10.6 Å². The average molecular weight is 200 g/mol. The van der Waals surface area contributed by atoms with Gasteiger partial charge in [-0.15, -0.1) is 0 Å². The molecule has 1 atom stereocenters. The Balaban J connectivity index is 2.26. The Hall–Kier alpha value is -1.10. The maximum absolute atomic E-state index is 11.1. The summed E-state index contributed by atoms with van der Waals surface area (Å²) >= 11 is 0. The highest BCUT2D eigenvalue weighted by Crippen LogP contribution is 2.14. The molecule has 1 rings (SSSR count). The van der Waals surface area contributed by atoms with Crippen molar-refractivity contribution in [3.63, 3.8) is 0 Å². The van der Waals surface area contributed by atoms with Crippen molar-refractivity contribution in [1.29, 1.82) is 0 Å². The number of carbonyl (C=O) groups excluding carboxylic acids is 2. The summed E-state index contributed by atoms with van der Waals surface area (Å²) in [6.45, 7) is 3.45. The fraction of sp³-hybridized carbons (Fsp3) is 0.778. The third-order valence-electron chi connectivity index (χ3n) is 2.14. The molecule has 0 aromatic carbocycles. The van der Waals surface area contributed by atoms with E-state index in [9.17, 15) is 14.7 Å². The number of amides is 3. The van der Waals surface area contributed by atoms with Crippen LogP contribution in [0.1, 0.15) is 33.1 Å². The summed E-state index contributed by atoms with van der Waals surface area (Å²) in [4.78, 5) is 21.8. The molecule has 3 N–H and O–H groups in total. The molecular formula is C9H16N2O3. The van der Waals surface area contributed by atoms with Crippen molar-refractivity contribution in [2.24, 2.45) is 0 Å². The Morgan fingerprint density at radius 3 is 2.50 bits per heavy atom. The predicted molar refractivity (Wildman–Crippen MR) is 50.6 cm³/mol. The summed E-state index contributed by atoms with van der Waals surface area (Å²) in [6, 6.07) is -0.854. The molecule has 0 saturated carbocycles. The fourth-order valence-corrected chi connectivity index (χ4v) is 1.40. The highest BCUT2D eigenvalue weighted by atomic mass is 16.3. The van der Waals surface area contributed by atoms with Crippen LogP contribution in [0, 0.1) is 0 Å². The van der Waals surface area contributed by atoms with Gasteiger partial charge in [0, 0.05) is 0 Å². The van der Waals surface area contributed by atoms with Gasteiger partial charge in [-0.3, -0.25) is 10.1 Å². The van der Waals surface area contributed by atoms with Crippen molar-refractivity contribution in [2.75, 3.05) is 0 Å². The van der Waals surface area contributed by atoms with E-state index in [4.69, 9.17) is 0 Å². The van der Waals surface area contributed by atoms with Crippen LogP contribution < -0.4 is 10.6 Å². The van der Waals surface area contributed by atoms with Crippen LogP contribution in [0.5, 0.6) is 0 Å². The number of imide groups is 1. The largest absolute Gasteiger partial charge is 0.390 e. The van der Waals surface area contributed by atoms with Crippen LogP contribution in [0.2, 0.25) is 0 Å². The van der Waals surface area contributed by atoms with Gasteiger partial charge in [0.25, 0.3) is 5.91 Å². The molecule has 5 heteroatoms. The van der Waals surface area contributed by atoms with E-state index in [1.807, 2.05) is 0 Å². The van der Waals surface area contributed by atoms with Crippen molar-refractivity contribution in [2.45, 2.75) is 44.8 Å². The molecule has 1 aliphatic heterocycles. The Morgan fingerprint density at radius 2 is 2.07 bits per heavy atom. The number of hydrogen-bond donors (Lipinski definition) is 3. The summed E-state index contributed by atoms with van der Waals surface area (Å²) in [5.41, 5.74) is -0.709. The number of hydrogen-bond acceptors (Lipinski definition) is 3. The molecule has 0 radical (unpaired) electrons. The fourth-order valence-electron chi connectivity index (χ4n) is 1.40. The second-order valence-corrected chi connectivity index (χ2v) is 4.22. The molecule has 0 bridgehead atoms. The molecule has 5 nitrogen and oxygen atoms in total. The molecule has 0 aromatic rings. The first-order valence-corrected chi connectivity index (χ1v) is 4.72. The van der Waals surface area contributed by atoms with Crippen LogP contribution >= 0.6 is 0 Å². The van der Waals surface area contributed by atoms with E-state index in [-0.39, 0.29) is 5.91 Å². The monoisotopic (exact) mass is 200 g/mol. The summed E-state index contributed by atoms with van der Waals surface area (Å²) in [7, 11) is 0. The highest BCUT2D eigenvalue weighted by Gasteiger charge is 2.29. The molecule has 1 aliphatic rings. The van der Waals surface area contributed by atoms with Gasteiger partial charge in [-0.2, -0.15) is 0 Å². The van der Waals surface area contributed by atoms with Crippen molar-refractivity contribution in [3.05, 3.63) is 0 Å².